The van der Waals surface area contributed by atoms with Crippen LogP contribution >= 0.6 is 0 Å². The molecule has 0 saturated carbocycles. The fraction of sp³-hybridized carbons (Fsp3) is 0.292. The van der Waals surface area contributed by atoms with Gasteiger partial charge in [0, 0.05) is 17.0 Å². The van der Waals surface area contributed by atoms with E-state index in [0.717, 1.165) is 35.0 Å². The normalized spacial score (nSPS) is 11.8. The molecule has 0 spiro atoms. The van der Waals surface area contributed by atoms with Gasteiger partial charge in [0.25, 0.3) is 5.91 Å². The summed E-state index contributed by atoms with van der Waals surface area (Å²) < 4.78 is 5.37. The van der Waals surface area contributed by atoms with Crippen molar-refractivity contribution in [3.8, 4) is 11.3 Å². The number of carbonyl (C=O) groups is 2. The molecule has 0 unspecified atom stereocenters. The molecular weight excluding hydrogens is 364 g/mol. The second-order valence-corrected chi connectivity index (χ2v) is 7.18. The summed E-state index contributed by atoms with van der Waals surface area (Å²) in [5, 5.41) is 3.57. The Kier molecular flexibility index (Phi) is 6.60. The monoisotopic (exact) mass is 390 g/mol. The van der Waals surface area contributed by atoms with Crippen LogP contribution in [0.1, 0.15) is 42.6 Å². The van der Waals surface area contributed by atoms with Gasteiger partial charge in [-0.2, -0.15) is 0 Å². The molecule has 29 heavy (non-hydrogen) atoms. The number of pyridine rings is 1. The van der Waals surface area contributed by atoms with Crippen LogP contribution in [0.4, 0.5) is 0 Å². The van der Waals surface area contributed by atoms with Gasteiger partial charge in [0.2, 0.25) is 0 Å². The molecule has 0 bridgehead atoms. The predicted molar refractivity (Wildman–Crippen MR) is 115 cm³/mol. The minimum Gasteiger partial charge on any atom is -0.452 e. The van der Waals surface area contributed by atoms with Gasteiger partial charge in [0.1, 0.15) is 0 Å². The van der Waals surface area contributed by atoms with E-state index in [1.165, 1.54) is 0 Å². The van der Waals surface area contributed by atoms with Crippen LogP contribution in [0, 0.1) is 6.92 Å². The third-order valence-corrected chi connectivity index (χ3v) is 4.85. The summed E-state index contributed by atoms with van der Waals surface area (Å²) in [5.41, 5.74) is 3.56. The van der Waals surface area contributed by atoms with Gasteiger partial charge in [0.15, 0.2) is 6.61 Å². The van der Waals surface area contributed by atoms with E-state index in [2.05, 4.69) is 12.2 Å². The molecule has 0 radical (unpaired) electrons. The zero-order chi connectivity index (χ0) is 20.8. The summed E-state index contributed by atoms with van der Waals surface area (Å²) in [5.74, 6) is -0.810. The van der Waals surface area contributed by atoms with E-state index in [1.807, 2.05) is 68.4 Å². The standard InChI is InChI=1S/C24H26N2O3/c1-4-10-16(2)25-21(27)15-29-24(28)22-17(3)23(18-11-6-5-7-12-18)26-20-14-9-8-13-19(20)22/h5-9,11-14,16H,4,10,15H2,1-3H3,(H,25,27)/t16-/m0/s1. The lowest BCUT2D eigenvalue weighted by molar-refractivity contribution is -0.124. The Bertz CT molecular complexity index is 1020. The largest absolute Gasteiger partial charge is 0.452 e. The number of nitrogens with zero attached hydrogens (tertiary/aromatic N) is 1. The van der Waals surface area contributed by atoms with Crippen molar-refractivity contribution < 1.29 is 14.3 Å². The third-order valence-electron chi connectivity index (χ3n) is 4.85. The van der Waals surface area contributed by atoms with E-state index < -0.39 is 5.97 Å². The molecule has 5 heteroatoms. The molecule has 3 rings (SSSR count). The van der Waals surface area contributed by atoms with Crippen molar-refractivity contribution in [3.05, 3.63) is 65.7 Å². The van der Waals surface area contributed by atoms with E-state index in [0.29, 0.717) is 11.1 Å². The van der Waals surface area contributed by atoms with Crippen LogP contribution < -0.4 is 5.32 Å². The van der Waals surface area contributed by atoms with Crippen molar-refractivity contribution in [3.63, 3.8) is 0 Å². The lowest BCUT2D eigenvalue weighted by Gasteiger charge is -2.15. The number of nitrogens with one attached hydrogen (secondary N) is 1. The highest BCUT2D eigenvalue weighted by Gasteiger charge is 2.21. The topological polar surface area (TPSA) is 68.3 Å². The van der Waals surface area contributed by atoms with Gasteiger partial charge < -0.3 is 10.1 Å². The highest BCUT2D eigenvalue weighted by molar-refractivity contribution is 6.06. The van der Waals surface area contributed by atoms with Crippen molar-refractivity contribution in [1.29, 1.82) is 0 Å². The van der Waals surface area contributed by atoms with Gasteiger partial charge >= 0.3 is 5.97 Å². The Morgan fingerprint density at radius 3 is 2.48 bits per heavy atom. The van der Waals surface area contributed by atoms with Crippen LogP contribution in [0.15, 0.2) is 54.6 Å². The number of fused-ring (bicyclic) bond motifs is 1. The van der Waals surface area contributed by atoms with Crippen LogP contribution in [0.2, 0.25) is 0 Å². The third kappa shape index (κ3) is 4.80. The Morgan fingerprint density at radius 1 is 1.07 bits per heavy atom. The van der Waals surface area contributed by atoms with E-state index >= 15 is 0 Å². The second kappa shape index (κ2) is 9.32. The molecule has 0 aliphatic carbocycles. The number of ether oxygens (including phenoxy) is 1. The molecule has 0 aliphatic rings. The number of amides is 1. The number of para-hydroxylation sites is 1. The van der Waals surface area contributed by atoms with Crippen LogP contribution in [0.25, 0.3) is 22.2 Å². The first kappa shape index (κ1) is 20.5. The van der Waals surface area contributed by atoms with E-state index in [1.54, 1.807) is 0 Å². The van der Waals surface area contributed by atoms with Gasteiger partial charge in [-0.05, 0) is 31.9 Å². The Hall–Kier alpha value is -3.21. The Morgan fingerprint density at radius 2 is 1.76 bits per heavy atom. The predicted octanol–water partition coefficient (Wildman–Crippen LogP) is 4.67. The van der Waals surface area contributed by atoms with Gasteiger partial charge in [0.05, 0.1) is 16.8 Å². The minimum absolute atomic E-state index is 0.0550. The fourth-order valence-electron chi connectivity index (χ4n) is 3.47. The number of hydrogen-bond acceptors (Lipinski definition) is 4. The maximum absolute atomic E-state index is 12.9. The smallest absolute Gasteiger partial charge is 0.339 e. The molecule has 0 saturated heterocycles. The van der Waals surface area contributed by atoms with Crippen molar-refractivity contribution >= 4 is 22.8 Å². The molecule has 3 aromatic rings. The average molecular weight is 390 g/mol. The van der Waals surface area contributed by atoms with E-state index in [4.69, 9.17) is 9.72 Å². The van der Waals surface area contributed by atoms with E-state index in [9.17, 15) is 9.59 Å². The van der Waals surface area contributed by atoms with Crippen molar-refractivity contribution in [2.45, 2.75) is 39.7 Å². The molecule has 1 N–H and O–H groups in total. The number of carbonyl (C=O) groups excluding carboxylic acids is 2. The molecule has 1 heterocycles. The van der Waals surface area contributed by atoms with Gasteiger partial charge in [-0.3, -0.25) is 4.79 Å². The Balaban J connectivity index is 1.90. The highest BCUT2D eigenvalue weighted by atomic mass is 16.5. The molecule has 0 aliphatic heterocycles. The summed E-state index contributed by atoms with van der Waals surface area (Å²) in [4.78, 5) is 29.8. The number of aromatic nitrogens is 1. The number of esters is 1. The van der Waals surface area contributed by atoms with Gasteiger partial charge in [-0.1, -0.05) is 61.9 Å². The summed E-state index contributed by atoms with van der Waals surface area (Å²) in [7, 11) is 0. The molecule has 1 atom stereocenters. The molecule has 2 aromatic carbocycles. The molecule has 1 amide bonds. The average Bonchev–Trinajstić information content (AvgIpc) is 2.72. The summed E-state index contributed by atoms with van der Waals surface area (Å²) in [6, 6.07) is 17.3. The lowest BCUT2D eigenvalue weighted by atomic mass is 9.98. The van der Waals surface area contributed by atoms with Crippen LogP contribution in [-0.4, -0.2) is 29.5 Å². The molecule has 150 valence electrons. The maximum atomic E-state index is 12.9. The van der Waals surface area contributed by atoms with Crippen molar-refractivity contribution in [2.24, 2.45) is 0 Å². The molecular formula is C24H26N2O3. The van der Waals surface area contributed by atoms with Gasteiger partial charge in [-0.15, -0.1) is 0 Å². The molecule has 0 fully saturated rings. The SMILES string of the molecule is CCC[C@H](C)NC(=O)COC(=O)c1c(C)c(-c2ccccc2)nc2ccccc12. The number of rotatable bonds is 7. The zero-order valence-electron chi connectivity index (χ0n) is 17.1. The van der Waals surface area contributed by atoms with E-state index in [-0.39, 0.29) is 18.6 Å². The number of benzene rings is 2. The quantitative estimate of drug-likeness (QED) is 0.595. The molecule has 5 nitrogen and oxygen atoms in total. The summed E-state index contributed by atoms with van der Waals surface area (Å²) in [6.45, 7) is 5.56. The van der Waals surface area contributed by atoms with Crippen molar-refractivity contribution in [2.75, 3.05) is 6.61 Å². The van der Waals surface area contributed by atoms with Crippen LogP contribution in [-0.2, 0) is 9.53 Å². The number of hydrogen-bond donors (Lipinski definition) is 1. The van der Waals surface area contributed by atoms with Crippen LogP contribution in [0.5, 0.6) is 0 Å². The van der Waals surface area contributed by atoms with Crippen LogP contribution in [0.3, 0.4) is 0 Å². The summed E-state index contributed by atoms with van der Waals surface area (Å²) in [6.07, 6.45) is 1.86. The Labute approximate surface area is 171 Å². The zero-order valence-corrected chi connectivity index (χ0v) is 17.1. The summed E-state index contributed by atoms with van der Waals surface area (Å²) >= 11 is 0. The second-order valence-electron chi connectivity index (χ2n) is 7.18. The first-order chi connectivity index (χ1) is 14.0. The molecule has 1 aromatic heterocycles. The minimum atomic E-state index is -0.517. The lowest BCUT2D eigenvalue weighted by Crippen LogP contribution is -2.35. The first-order valence-electron chi connectivity index (χ1n) is 9.92. The highest BCUT2D eigenvalue weighted by Crippen LogP contribution is 2.30. The maximum Gasteiger partial charge on any atom is 0.339 e. The van der Waals surface area contributed by atoms with Crippen molar-refractivity contribution in [1.82, 2.24) is 10.3 Å². The fourth-order valence-corrected chi connectivity index (χ4v) is 3.47. The first-order valence-corrected chi connectivity index (χ1v) is 9.92. The van der Waals surface area contributed by atoms with Gasteiger partial charge in [-0.25, -0.2) is 9.78 Å².